The van der Waals surface area contributed by atoms with E-state index in [-0.39, 0.29) is 16.1 Å². The van der Waals surface area contributed by atoms with E-state index in [1.807, 2.05) is 66.7 Å². The van der Waals surface area contributed by atoms with Crippen LogP contribution in [0.4, 0.5) is 5.69 Å². The number of hydrogen-bond acceptors (Lipinski definition) is 5. The molecule has 0 unspecified atom stereocenters. The van der Waals surface area contributed by atoms with Gasteiger partial charge in [-0.25, -0.2) is 0 Å². The predicted molar refractivity (Wildman–Crippen MR) is 161 cm³/mol. The van der Waals surface area contributed by atoms with Crippen LogP contribution in [-0.2, 0) is 15.0 Å². The lowest BCUT2D eigenvalue weighted by Gasteiger charge is -2.29. The van der Waals surface area contributed by atoms with Crippen molar-refractivity contribution in [3.63, 3.8) is 0 Å². The molecule has 1 aliphatic rings. The van der Waals surface area contributed by atoms with Crippen LogP contribution in [0.3, 0.4) is 0 Å². The first-order valence-corrected chi connectivity index (χ1v) is 13.2. The van der Waals surface area contributed by atoms with Crippen molar-refractivity contribution < 1.29 is 19.1 Å². The molecule has 2 amide bonds. The zero-order chi connectivity index (χ0) is 28.3. The lowest BCUT2D eigenvalue weighted by Crippen LogP contribution is -2.54. The fourth-order valence-electron chi connectivity index (χ4n) is 4.17. The first-order chi connectivity index (χ1) is 19.2. The number of anilines is 1. The highest BCUT2D eigenvalue weighted by Crippen LogP contribution is 2.29. The predicted octanol–water partition coefficient (Wildman–Crippen LogP) is 7.40. The van der Waals surface area contributed by atoms with Crippen molar-refractivity contribution in [1.82, 2.24) is 5.32 Å². The van der Waals surface area contributed by atoms with E-state index in [0.717, 1.165) is 0 Å². The minimum Gasteiger partial charge on any atom is -0.457 e. The fraction of sp³-hybridized carbons (Fsp3) is 0.121. The highest BCUT2D eigenvalue weighted by Gasteiger charge is 2.34. The number of nitrogens with one attached hydrogen (secondary N) is 1. The summed E-state index contributed by atoms with van der Waals surface area (Å²) in [6.07, 6.45) is 1.54. The van der Waals surface area contributed by atoms with Gasteiger partial charge in [0.2, 0.25) is 0 Å². The van der Waals surface area contributed by atoms with E-state index < -0.39 is 11.8 Å². The third-order valence-corrected chi connectivity index (χ3v) is 6.59. The molecule has 0 saturated carbocycles. The fourth-order valence-corrected chi connectivity index (χ4v) is 4.45. The van der Waals surface area contributed by atoms with E-state index >= 15 is 0 Å². The summed E-state index contributed by atoms with van der Waals surface area (Å²) in [5.41, 5.74) is 2.37. The molecule has 6 nitrogen and oxygen atoms in total. The maximum Gasteiger partial charge on any atom is 0.270 e. The molecular weight excluding hydrogens is 520 g/mol. The highest BCUT2D eigenvalue weighted by atomic mass is 32.1. The topological polar surface area (TPSA) is 67.9 Å². The maximum absolute atomic E-state index is 13.5. The summed E-state index contributed by atoms with van der Waals surface area (Å²) in [5.74, 6) is 1.51. The molecule has 5 rings (SSSR count). The second-order valence-electron chi connectivity index (χ2n) is 10.3. The Morgan fingerprint density at radius 3 is 1.95 bits per heavy atom. The Kier molecular flexibility index (Phi) is 7.49. The minimum absolute atomic E-state index is 0.0136. The number of amides is 2. The number of nitrogens with zero attached hydrogens (tertiary/aromatic N) is 1. The largest absolute Gasteiger partial charge is 0.457 e. The van der Waals surface area contributed by atoms with Gasteiger partial charge in [-0.1, -0.05) is 63.2 Å². The summed E-state index contributed by atoms with van der Waals surface area (Å²) in [6, 6.07) is 31.5. The Balaban J connectivity index is 1.34. The quantitative estimate of drug-likeness (QED) is 0.154. The molecular formula is C33H28N2O4S. The SMILES string of the molecule is CC(C)(C)c1ccc(Oc2cccc(C=C3C(=O)NC(=S)N(c4ccc(Oc5ccccc5)cc4)C3=O)c2)cc1. The van der Waals surface area contributed by atoms with Gasteiger partial charge in [-0.3, -0.25) is 19.8 Å². The molecule has 0 spiro atoms. The highest BCUT2D eigenvalue weighted by molar-refractivity contribution is 7.80. The molecule has 0 radical (unpaired) electrons. The van der Waals surface area contributed by atoms with Gasteiger partial charge >= 0.3 is 0 Å². The molecule has 4 aromatic rings. The van der Waals surface area contributed by atoms with Crippen molar-refractivity contribution in [3.05, 3.63) is 120 Å². The average molecular weight is 549 g/mol. The number of hydrogen-bond donors (Lipinski definition) is 1. The molecule has 0 aliphatic carbocycles. The summed E-state index contributed by atoms with van der Waals surface area (Å²) in [5, 5.41) is 2.64. The standard InChI is InChI=1S/C33H28N2O4S/c1-33(2,3)23-12-16-26(17-13-23)39-28-11-7-8-22(20-28)21-29-30(36)34-32(40)35(31(29)37)24-14-18-27(19-15-24)38-25-9-5-4-6-10-25/h4-21H,1-3H3,(H,34,36,40). The molecule has 1 fully saturated rings. The van der Waals surface area contributed by atoms with Crippen molar-refractivity contribution >= 4 is 40.9 Å². The van der Waals surface area contributed by atoms with Gasteiger partial charge in [-0.2, -0.15) is 0 Å². The number of ether oxygens (including phenoxy) is 2. The van der Waals surface area contributed by atoms with Crippen LogP contribution in [0.2, 0.25) is 0 Å². The number of thiocarbonyl (C=S) groups is 1. The van der Waals surface area contributed by atoms with E-state index in [9.17, 15) is 9.59 Å². The Hall–Kier alpha value is -4.75. The monoisotopic (exact) mass is 548 g/mol. The van der Waals surface area contributed by atoms with E-state index in [1.165, 1.54) is 16.5 Å². The molecule has 4 aromatic carbocycles. The summed E-state index contributed by atoms with van der Waals surface area (Å²) in [7, 11) is 0. The zero-order valence-corrected chi connectivity index (χ0v) is 23.2. The molecule has 0 atom stereocenters. The van der Waals surface area contributed by atoms with E-state index in [0.29, 0.717) is 34.2 Å². The van der Waals surface area contributed by atoms with Crippen molar-refractivity contribution in [1.29, 1.82) is 0 Å². The van der Waals surface area contributed by atoms with Crippen LogP contribution in [0, 0.1) is 0 Å². The molecule has 0 bridgehead atoms. The van der Waals surface area contributed by atoms with Crippen molar-refractivity contribution in [2.75, 3.05) is 4.90 Å². The third kappa shape index (κ3) is 6.11. The van der Waals surface area contributed by atoms with Crippen molar-refractivity contribution in [2.45, 2.75) is 26.2 Å². The van der Waals surface area contributed by atoms with Gasteiger partial charge in [-0.15, -0.1) is 0 Å². The first kappa shape index (κ1) is 26.8. The van der Waals surface area contributed by atoms with Crippen LogP contribution in [0.5, 0.6) is 23.0 Å². The molecule has 0 aromatic heterocycles. The normalized spacial score (nSPS) is 14.7. The lowest BCUT2D eigenvalue weighted by atomic mass is 9.87. The molecule has 1 heterocycles. The van der Waals surface area contributed by atoms with Crippen molar-refractivity contribution in [2.24, 2.45) is 0 Å². The Labute approximate surface area is 238 Å². The van der Waals surface area contributed by atoms with Crippen LogP contribution >= 0.6 is 12.2 Å². The van der Waals surface area contributed by atoms with E-state index in [4.69, 9.17) is 21.7 Å². The van der Waals surface area contributed by atoms with Gasteiger partial charge in [0.15, 0.2) is 5.11 Å². The molecule has 200 valence electrons. The zero-order valence-electron chi connectivity index (χ0n) is 22.4. The second kappa shape index (κ2) is 11.2. The number of benzene rings is 4. The average Bonchev–Trinajstić information content (AvgIpc) is 2.92. The lowest BCUT2D eigenvalue weighted by molar-refractivity contribution is -0.122. The van der Waals surface area contributed by atoms with Gasteiger partial charge in [0.1, 0.15) is 28.6 Å². The Morgan fingerprint density at radius 2 is 1.30 bits per heavy atom. The molecule has 1 saturated heterocycles. The first-order valence-electron chi connectivity index (χ1n) is 12.8. The molecule has 40 heavy (non-hydrogen) atoms. The van der Waals surface area contributed by atoms with E-state index in [1.54, 1.807) is 36.4 Å². The Morgan fingerprint density at radius 1 is 0.725 bits per heavy atom. The van der Waals surface area contributed by atoms with E-state index in [2.05, 4.69) is 26.1 Å². The smallest absolute Gasteiger partial charge is 0.270 e. The van der Waals surface area contributed by atoms with Crippen LogP contribution in [0.15, 0.2) is 109 Å². The van der Waals surface area contributed by atoms with Crippen LogP contribution in [0.25, 0.3) is 6.08 Å². The van der Waals surface area contributed by atoms with Crippen LogP contribution in [-0.4, -0.2) is 16.9 Å². The summed E-state index contributed by atoms with van der Waals surface area (Å²) >= 11 is 5.34. The molecule has 1 N–H and O–H groups in total. The number of rotatable bonds is 6. The summed E-state index contributed by atoms with van der Waals surface area (Å²) < 4.78 is 11.9. The minimum atomic E-state index is -0.556. The van der Waals surface area contributed by atoms with Gasteiger partial charge < -0.3 is 9.47 Å². The maximum atomic E-state index is 13.5. The Bertz CT molecular complexity index is 1590. The summed E-state index contributed by atoms with van der Waals surface area (Å²) in [4.78, 5) is 27.5. The number of para-hydroxylation sites is 1. The van der Waals surface area contributed by atoms with Crippen molar-refractivity contribution in [3.8, 4) is 23.0 Å². The third-order valence-electron chi connectivity index (χ3n) is 6.30. The van der Waals surface area contributed by atoms with Gasteiger partial charge in [0.05, 0.1) is 5.69 Å². The van der Waals surface area contributed by atoms with Gasteiger partial charge in [0.25, 0.3) is 11.8 Å². The summed E-state index contributed by atoms with van der Waals surface area (Å²) in [6.45, 7) is 6.48. The molecule has 7 heteroatoms. The van der Waals surface area contributed by atoms with Crippen LogP contribution < -0.4 is 19.7 Å². The van der Waals surface area contributed by atoms with Gasteiger partial charge in [-0.05, 0) is 95.5 Å². The number of carbonyl (C=O) groups is 2. The second-order valence-corrected chi connectivity index (χ2v) is 10.7. The number of carbonyl (C=O) groups excluding carboxylic acids is 2. The molecule has 1 aliphatic heterocycles. The van der Waals surface area contributed by atoms with Crippen LogP contribution in [0.1, 0.15) is 31.9 Å². The van der Waals surface area contributed by atoms with Gasteiger partial charge in [0, 0.05) is 0 Å².